The van der Waals surface area contributed by atoms with Gasteiger partial charge in [0, 0.05) is 26.6 Å². The number of nitrogens with zero attached hydrogens (tertiary/aromatic N) is 3. The highest BCUT2D eigenvalue weighted by Crippen LogP contribution is 2.35. The summed E-state index contributed by atoms with van der Waals surface area (Å²) in [6.07, 6.45) is 0.303. The van der Waals surface area contributed by atoms with E-state index in [0.717, 1.165) is 50.6 Å². The van der Waals surface area contributed by atoms with E-state index in [4.69, 9.17) is 14.2 Å². The normalized spacial score (nSPS) is 15.2. The number of carbonyl (C=O) groups excluding carboxylic acids is 4. The zero-order chi connectivity index (χ0) is 51.9. The summed E-state index contributed by atoms with van der Waals surface area (Å²) in [4.78, 5) is 62.2. The van der Waals surface area contributed by atoms with E-state index in [-0.39, 0.29) is 57.6 Å². The topological polar surface area (TPSA) is 160 Å². The number of β-amino-alcohol motifs (C(OH)–C–C–N with tert-alkyl or cyclic N) is 1. The van der Waals surface area contributed by atoms with Gasteiger partial charge in [0.15, 0.2) is 0 Å². The molecule has 2 heterocycles. The second-order valence-corrected chi connectivity index (χ2v) is 20.1. The Kier molecular flexibility index (Phi) is 18.7. The van der Waals surface area contributed by atoms with Crippen LogP contribution in [-0.4, -0.2) is 108 Å². The summed E-state index contributed by atoms with van der Waals surface area (Å²) >= 11 is 1.57. The van der Waals surface area contributed by atoms with Gasteiger partial charge in [-0.2, -0.15) is 0 Å². The molecule has 0 saturated carbocycles. The summed E-state index contributed by atoms with van der Waals surface area (Å²) < 4.78 is 17.5. The number of rotatable bonds is 22. The smallest absolute Gasteiger partial charge is 0.246 e. The predicted molar refractivity (Wildman–Crippen MR) is 287 cm³/mol. The van der Waals surface area contributed by atoms with Crippen LogP contribution in [0.1, 0.15) is 74.0 Å². The SMILES string of the molecule is CC/C(=C(\c1ccccc1)c1ccc(OCCN(C)C(=O)Cc2ccc(OCCOCC(=O)N[C@H](C(=O)N3C[C@H](O)C[C@H]3C(=O)NCc3ccc(-c4scnc4C)cc3)C(C)(C)C)cc2)cc1)c1ccccc1. The van der Waals surface area contributed by atoms with Gasteiger partial charge in [-0.05, 0) is 87.6 Å². The predicted octanol–water partition coefficient (Wildman–Crippen LogP) is 8.77. The number of aliphatic hydroxyl groups is 1. The molecule has 13 nitrogen and oxygen atoms in total. The van der Waals surface area contributed by atoms with Crippen LogP contribution in [-0.2, 0) is 36.9 Å². The highest BCUT2D eigenvalue weighted by molar-refractivity contribution is 7.13. The van der Waals surface area contributed by atoms with Crippen LogP contribution in [0.25, 0.3) is 21.6 Å². The van der Waals surface area contributed by atoms with Gasteiger partial charge in [0.1, 0.15) is 43.4 Å². The van der Waals surface area contributed by atoms with E-state index in [1.165, 1.54) is 21.6 Å². The van der Waals surface area contributed by atoms with E-state index in [0.29, 0.717) is 18.9 Å². The van der Waals surface area contributed by atoms with Crippen molar-refractivity contribution in [3.05, 3.63) is 172 Å². The lowest BCUT2D eigenvalue weighted by atomic mass is 9.85. The Morgan fingerprint density at radius 1 is 0.795 bits per heavy atom. The Bertz CT molecular complexity index is 2790. The van der Waals surface area contributed by atoms with Gasteiger partial charge in [-0.3, -0.25) is 19.2 Å². The second-order valence-electron chi connectivity index (χ2n) is 19.3. The molecule has 382 valence electrons. The molecule has 4 amide bonds. The van der Waals surface area contributed by atoms with E-state index in [2.05, 4.69) is 83.2 Å². The number of likely N-dealkylation sites (tertiary alicyclic amines) is 1. The molecule has 1 aromatic heterocycles. The maximum atomic E-state index is 14.0. The fourth-order valence-electron chi connectivity index (χ4n) is 8.81. The van der Waals surface area contributed by atoms with Crippen molar-refractivity contribution in [2.75, 3.05) is 46.6 Å². The molecule has 0 bridgehead atoms. The molecule has 6 aromatic rings. The quantitative estimate of drug-likeness (QED) is 0.0447. The van der Waals surface area contributed by atoms with Crippen LogP contribution in [0, 0.1) is 12.3 Å². The molecule has 0 unspecified atom stereocenters. The Labute approximate surface area is 433 Å². The maximum absolute atomic E-state index is 14.0. The fourth-order valence-corrected chi connectivity index (χ4v) is 9.62. The number of aryl methyl sites for hydroxylation is 1. The molecule has 1 aliphatic rings. The first-order valence-corrected chi connectivity index (χ1v) is 25.7. The second kappa shape index (κ2) is 25.5. The van der Waals surface area contributed by atoms with Crippen LogP contribution in [0.15, 0.2) is 139 Å². The van der Waals surface area contributed by atoms with Gasteiger partial charge in [-0.25, -0.2) is 4.98 Å². The lowest BCUT2D eigenvalue weighted by Gasteiger charge is -2.35. The number of amides is 4. The lowest BCUT2D eigenvalue weighted by molar-refractivity contribution is -0.144. The zero-order valence-corrected chi connectivity index (χ0v) is 43.5. The summed E-state index contributed by atoms with van der Waals surface area (Å²) in [5.41, 5.74) is 10.8. The average Bonchev–Trinajstić information content (AvgIpc) is 4.02. The number of nitrogens with one attached hydrogen (secondary N) is 2. The summed E-state index contributed by atoms with van der Waals surface area (Å²) in [6.45, 7) is 10.6. The highest BCUT2D eigenvalue weighted by Gasteiger charge is 2.44. The first-order chi connectivity index (χ1) is 35.2. The minimum absolute atomic E-state index is 0.0256. The maximum Gasteiger partial charge on any atom is 0.246 e. The number of benzene rings is 5. The van der Waals surface area contributed by atoms with Gasteiger partial charge in [0.05, 0.1) is 41.8 Å². The van der Waals surface area contributed by atoms with Crippen molar-refractivity contribution in [3.63, 3.8) is 0 Å². The Hall–Kier alpha value is -7.13. The minimum atomic E-state index is -0.984. The molecular formula is C59H67N5O8S. The zero-order valence-electron chi connectivity index (χ0n) is 42.6. The number of allylic oxidation sites excluding steroid dienone is 1. The van der Waals surface area contributed by atoms with E-state index in [1.54, 1.807) is 35.4 Å². The van der Waals surface area contributed by atoms with E-state index in [9.17, 15) is 24.3 Å². The molecule has 1 fully saturated rings. The average molecular weight is 1010 g/mol. The van der Waals surface area contributed by atoms with E-state index in [1.807, 2.05) is 93.9 Å². The van der Waals surface area contributed by atoms with Gasteiger partial charge >= 0.3 is 0 Å². The van der Waals surface area contributed by atoms with Crippen LogP contribution in [0.4, 0.5) is 0 Å². The summed E-state index contributed by atoms with van der Waals surface area (Å²) in [6, 6.07) is 42.3. The van der Waals surface area contributed by atoms with Gasteiger partial charge in [0.2, 0.25) is 23.6 Å². The molecule has 3 atom stereocenters. The van der Waals surface area contributed by atoms with Crippen LogP contribution < -0.4 is 20.1 Å². The number of carbonyl (C=O) groups is 4. The van der Waals surface area contributed by atoms with E-state index >= 15 is 0 Å². The number of hydrogen-bond acceptors (Lipinski definition) is 10. The molecule has 1 saturated heterocycles. The molecule has 0 spiro atoms. The van der Waals surface area contributed by atoms with Crippen molar-refractivity contribution in [2.24, 2.45) is 5.41 Å². The van der Waals surface area contributed by atoms with Crippen molar-refractivity contribution in [1.82, 2.24) is 25.4 Å². The standard InChI is InChI=1S/C59H67N5O8S/c1-7-50(43-14-10-8-11-15-43)54(44-16-12-9-13-17-44)45-24-28-49(29-25-45)71-31-30-63(6)53(67)34-41-20-26-48(27-21-41)72-33-32-70-38-52(66)62-56(59(3,4)5)58(69)64-37-47(65)35-51(64)57(68)60-36-42-18-22-46(23-19-42)55-40(2)61-39-73-55/h8-29,39,47,51,56,65H,7,30-38H2,1-6H3,(H,60,68)(H,62,66)/b54-50-/t47-,51+,56-/m1/s1. The minimum Gasteiger partial charge on any atom is -0.492 e. The monoisotopic (exact) mass is 1010 g/mol. The van der Waals surface area contributed by atoms with Crippen LogP contribution in [0.2, 0.25) is 0 Å². The van der Waals surface area contributed by atoms with Crippen LogP contribution >= 0.6 is 11.3 Å². The number of likely N-dealkylation sites (N-methyl/N-ethyl adjacent to an activating group) is 1. The molecule has 5 aromatic carbocycles. The third kappa shape index (κ3) is 14.7. The molecule has 0 radical (unpaired) electrons. The summed E-state index contributed by atoms with van der Waals surface area (Å²) in [7, 11) is 1.77. The molecule has 0 aliphatic carbocycles. The van der Waals surface area contributed by atoms with Gasteiger partial charge < -0.3 is 39.8 Å². The molecule has 7 rings (SSSR count). The van der Waals surface area contributed by atoms with Crippen molar-refractivity contribution in [2.45, 2.75) is 78.6 Å². The number of ether oxygens (including phenoxy) is 3. The Balaban J connectivity index is 0.811. The van der Waals surface area contributed by atoms with Gasteiger partial charge in [-0.15, -0.1) is 11.3 Å². The lowest BCUT2D eigenvalue weighted by Crippen LogP contribution is -2.58. The number of hydrogen-bond donors (Lipinski definition) is 3. The van der Waals surface area contributed by atoms with Crippen molar-refractivity contribution >= 4 is 46.1 Å². The van der Waals surface area contributed by atoms with Crippen LogP contribution in [0.5, 0.6) is 11.5 Å². The fraction of sp³-hybridized carbons (Fsp3) is 0.339. The van der Waals surface area contributed by atoms with Gasteiger partial charge in [0.25, 0.3) is 0 Å². The first kappa shape index (κ1) is 53.7. The molecular weight excluding hydrogens is 939 g/mol. The number of aromatic nitrogens is 1. The molecule has 73 heavy (non-hydrogen) atoms. The summed E-state index contributed by atoms with van der Waals surface area (Å²) in [5.74, 6) is -0.0585. The molecule has 14 heteroatoms. The van der Waals surface area contributed by atoms with Crippen LogP contribution in [0.3, 0.4) is 0 Å². The molecule has 1 aliphatic heterocycles. The summed E-state index contributed by atoms with van der Waals surface area (Å²) in [5, 5.41) is 16.3. The van der Waals surface area contributed by atoms with Crippen molar-refractivity contribution < 1.29 is 38.5 Å². The van der Waals surface area contributed by atoms with Crippen molar-refractivity contribution in [3.8, 4) is 21.9 Å². The Morgan fingerprint density at radius 3 is 2.01 bits per heavy atom. The third-order valence-electron chi connectivity index (χ3n) is 12.8. The molecule has 3 N–H and O–H groups in total. The first-order valence-electron chi connectivity index (χ1n) is 24.8. The van der Waals surface area contributed by atoms with Crippen molar-refractivity contribution in [1.29, 1.82) is 0 Å². The number of aliphatic hydroxyl groups excluding tert-OH is 1. The number of thiazole rings is 1. The van der Waals surface area contributed by atoms with E-state index < -0.39 is 35.4 Å². The largest absolute Gasteiger partial charge is 0.492 e. The van der Waals surface area contributed by atoms with Gasteiger partial charge in [-0.1, -0.05) is 137 Å². The highest BCUT2D eigenvalue weighted by atomic mass is 32.1. The Morgan fingerprint density at radius 2 is 1.40 bits per heavy atom. The third-order valence-corrected chi connectivity index (χ3v) is 13.8.